The third kappa shape index (κ3) is 3.48. The van der Waals surface area contributed by atoms with Gasteiger partial charge in [0.2, 0.25) is 0 Å². The summed E-state index contributed by atoms with van der Waals surface area (Å²) in [5.41, 5.74) is 3.42. The Bertz CT molecular complexity index is 560. The summed E-state index contributed by atoms with van der Waals surface area (Å²) in [6.07, 6.45) is 3.21. The largest absolute Gasteiger partial charge is 0.346 e. The minimum atomic E-state index is -0.169. The molecule has 3 heteroatoms. The fraction of sp³-hybridized carbons (Fsp3) is 0.412. The van der Waals surface area contributed by atoms with E-state index >= 15 is 0 Å². The van der Waals surface area contributed by atoms with Gasteiger partial charge in [-0.25, -0.2) is 4.39 Å². The van der Waals surface area contributed by atoms with Crippen LogP contribution in [0.2, 0.25) is 0 Å². The molecule has 1 aromatic carbocycles. The first-order chi connectivity index (χ1) is 9.61. The number of hydrogen-bond acceptors (Lipinski definition) is 1. The Morgan fingerprint density at radius 1 is 1.30 bits per heavy atom. The van der Waals surface area contributed by atoms with E-state index < -0.39 is 0 Å². The maximum atomic E-state index is 13.2. The normalized spacial score (nSPS) is 12.6. The van der Waals surface area contributed by atoms with Crippen molar-refractivity contribution in [2.45, 2.75) is 39.8 Å². The summed E-state index contributed by atoms with van der Waals surface area (Å²) in [5.74, 6) is -0.169. The van der Waals surface area contributed by atoms with Crippen molar-refractivity contribution in [2.75, 3.05) is 6.54 Å². The first-order valence-electron chi connectivity index (χ1n) is 7.25. The topological polar surface area (TPSA) is 17.0 Å². The summed E-state index contributed by atoms with van der Waals surface area (Å²) in [6, 6.07) is 9.54. The number of hydrogen-bond donors (Lipinski definition) is 1. The molecule has 0 aliphatic carbocycles. The second-order valence-corrected chi connectivity index (χ2v) is 5.31. The molecule has 0 spiro atoms. The molecule has 108 valence electrons. The lowest BCUT2D eigenvalue weighted by atomic mass is 10.1. The van der Waals surface area contributed by atoms with Crippen LogP contribution < -0.4 is 5.32 Å². The molecular weight excluding hydrogens is 251 g/mol. The molecule has 0 radical (unpaired) electrons. The lowest BCUT2D eigenvalue weighted by molar-refractivity contribution is 0.534. The van der Waals surface area contributed by atoms with Gasteiger partial charge in [-0.3, -0.25) is 0 Å². The van der Waals surface area contributed by atoms with Crippen molar-refractivity contribution < 1.29 is 4.39 Å². The second kappa shape index (κ2) is 6.71. The molecule has 0 aliphatic rings. The number of nitrogens with zero attached hydrogens (tertiary/aromatic N) is 1. The van der Waals surface area contributed by atoms with Crippen LogP contribution >= 0.6 is 0 Å². The van der Waals surface area contributed by atoms with Gasteiger partial charge >= 0.3 is 0 Å². The zero-order chi connectivity index (χ0) is 14.5. The van der Waals surface area contributed by atoms with Gasteiger partial charge in [0, 0.05) is 24.5 Å². The molecule has 0 aliphatic heterocycles. The predicted molar refractivity (Wildman–Crippen MR) is 81.4 cm³/mol. The molecule has 1 heterocycles. The van der Waals surface area contributed by atoms with Crippen LogP contribution in [0.5, 0.6) is 0 Å². The van der Waals surface area contributed by atoms with E-state index in [9.17, 15) is 4.39 Å². The highest BCUT2D eigenvalue weighted by molar-refractivity contribution is 5.27. The van der Waals surface area contributed by atoms with Crippen molar-refractivity contribution in [1.29, 1.82) is 0 Å². The third-order valence-electron chi connectivity index (χ3n) is 3.65. The van der Waals surface area contributed by atoms with Crippen molar-refractivity contribution in [3.63, 3.8) is 0 Å². The lowest BCUT2D eigenvalue weighted by Gasteiger charge is -2.17. The van der Waals surface area contributed by atoms with E-state index in [2.05, 4.69) is 42.1 Å². The Morgan fingerprint density at radius 3 is 2.80 bits per heavy atom. The van der Waals surface area contributed by atoms with Gasteiger partial charge in [-0.2, -0.15) is 0 Å². The molecule has 1 unspecified atom stereocenters. The van der Waals surface area contributed by atoms with E-state index in [-0.39, 0.29) is 5.82 Å². The fourth-order valence-corrected chi connectivity index (χ4v) is 2.45. The molecule has 0 amide bonds. The first kappa shape index (κ1) is 14.8. The number of aromatic nitrogens is 1. The minimum Gasteiger partial charge on any atom is -0.346 e. The summed E-state index contributed by atoms with van der Waals surface area (Å²) >= 11 is 0. The van der Waals surface area contributed by atoms with Crippen LogP contribution in [0.15, 0.2) is 36.5 Å². The van der Waals surface area contributed by atoms with Crippen molar-refractivity contribution >= 4 is 0 Å². The van der Waals surface area contributed by atoms with Crippen LogP contribution in [0.25, 0.3) is 0 Å². The Hall–Kier alpha value is -1.61. The third-order valence-corrected chi connectivity index (χ3v) is 3.65. The summed E-state index contributed by atoms with van der Waals surface area (Å²) in [5, 5.41) is 3.50. The predicted octanol–water partition coefficient (Wildman–Crippen LogP) is 4.04. The highest BCUT2D eigenvalue weighted by atomic mass is 19.1. The van der Waals surface area contributed by atoms with Crippen LogP contribution in [0.4, 0.5) is 4.39 Å². The van der Waals surface area contributed by atoms with E-state index in [1.165, 1.54) is 11.8 Å². The van der Waals surface area contributed by atoms with Crippen molar-refractivity contribution in [3.8, 4) is 0 Å². The zero-order valence-corrected chi connectivity index (χ0v) is 12.5. The average Bonchev–Trinajstić information content (AvgIpc) is 2.87. The van der Waals surface area contributed by atoms with Crippen LogP contribution in [-0.4, -0.2) is 11.1 Å². The van der Waals surface area contributed by atoms with Crippen LogP contribution in [0.1, 0.15) is 43.1 Å². The Kier molecular flexibility index (Phi) is 4.96. The molecule has 0 fully saturated rings. The van der Waals surface area contributed by atoms with Crippen LogP contribution in [0, 0.1) is 12.7 Å². The number of halogens is 1. The lowest BCUT2D eigenvalue weighted by Crippen LogP contribution is -2.22. The first-order valence-corrected chi connectivity index (χ1v) is 7.25. The number of aryl methyl sites for hydroxylation is 1. The van der Waals surface area contributed by atoms with Crippen molar-refractivity contribution in [1.82, 2.24) is 9.88 Å². The standard InChI is InChI=1S/C17H23FN2/c1-4-9-19-14(3)17-6-5-10-20(17)12-15-7-8-16(18)11-13(15)2/h5-8,10-11,14,19H,4,9,12H2,1-3H3. The van der Waals surface area contributed by atoms with E-state index in [4.69, 9.17) is 0 Å². The molecule has 2 aromatic rings. The molecule has 0 bridgehead atoms. The molecule has 1 aromatic heterocycles. The van der Waals surface area contributed by atoms with Crippen LogP contribution in [0.3, 0.4) is 0 Å². The summed E-state index contributed by atoms with van der Waals surface area (Å²) in [4.78, 5) is 0. The van der Waals surface area contributed by atoms with Gasteiger partial charge < -0.3 is 9.88 Å². The Labute approximate surface area is 120 Å². The number of rotatable bonds is 6. The van der Waals surface area contributed by atoms with E-state index in [1.54, 1.807) is 6.07 Å². The molecule has 20 heavy (non-hydrogen) atoms. The molecular formula is C17H23FN2. The van der Waals surface area contributed by atoms with Gasteiger partial charge in [0.05, 0.1) is 0 Å². The van der Waals surface area contributed by atoms with Gasteiger partial charge in [0.25, 0.3) is 0 Å². The Morgan fingerprint density at radius 2 is 2.10 bits per heavy atom. The summed E-state index contributed by atoms with van der Waals surface area (Å²) < 4.78 is 15.4. The second-order valence-electron chi connectivity index (χ2n) is 5.31. The highest BCUT2D eigenvalue weighted by Crippen LogP contribution is 2.17. The van der Waals surface area contributed by atoms with Gasteiger partial charge in [0.1, 0.15) is 5.82 Å². The van der Waals surface area contributed by atoms with Gasteiger partial charge in [-0.1, -0.05) is 13.0 Å². The maximum absolute atomic E-state index is 13.2. The SMILES string of the molecule is CCCNC(C)c1cccn1Cc1ccc(F)cc1C. The summed E-state index contributed by atoms with van der Waals surface area (Å²) in [7, 11) is 0. The number of benzene rings is 1. The van der Waals surface area contributed by atoms with Crippen LogP contribution in [-0.2, 0) is 6.54 Å². The number of nitrogens with one attached hydrogen (secondary N) is 1. The molecule has 1 atom stereocenters. The van der Waals surface area contributed by atoms with Gasteiger partial charge in [0.15, 0.2) is 0 Å². The molecule has 1 N–H and O–H groups in total. The average molecular weight is 274 g/mol. The van der Waals surface area contributed by atoms with E-state index in [1.807, 2.05) is 13.0 Å². The highest BCUT2D eigenvalue weighted by Gasteiger charge is 2.10. The van der Waals surface area contributed by atoms with Crippen molar-refractivity contribution in [3.05, 3.63) is 59.2 Å². The maximum Gasteiger partial charge on any atom is 0.123 e. The molecule has 0 saturated carbocycles. The Balaban J connectivity index is 2.16. The van der Waals surface area contributed by atoms with E-state index in [0.717, 1.165) is 30.6 Å². The monoisotopic (exact) mass is 274 g/mol. The fourth-order valence-electron chi connectivity index (χ4n) is 2.45. The van der Waals surface area contributed by atoms with Gasteiger partial charge in [-0.05, 0) is 62.2 Å². The summed E-state index contributed by atoms with van der Waals surface area (Å²) in [6.45, 7) is 8.11. The van der Waals surface area contributed by atoms with Crippen molar-refractivity contribution in [2.24, 2.45) is 0 Å². The minimum absolute atomic E-state index is 0.169. The molecule has 2 nitrogen and oxygen atoms in total. The quantitative estimate of drug-likeness (QED) is 0.841. The molecule has 2 rings (SSSR count). The van der Waals surface area contributed by atoms with E-state index in [0.29, 0.717) is 6.04 Å². The van der Waals surface area contributed by atoms with Gasteiger partial charge in [-0.15, -0.1) is 0 Å². The molecule has 0 saturated heterocycles. The smallest absolute Gasteiger partial charge is 0.123 e. The zero-order valence-electron chi connectivity index (χ0n) is 12.5.